The Morgan fingerprint density at radius 2 is 2.06 bits per heavy atom. The number of carbonyl (C=O) groups is 2. The number of benzene rings is 1. The number of hydrogen-bond donors (Lipinski definition) is 2. The number of amides is 1. The highest BCUT2D eigenvalue weighted by molar-refractivity contribution is 6.04. The van der Waals surface area contributed by atoms with Gasteiger partial charge in [0.05, 0.1) is 23.4 Å². The second-order valence-corrected chi connectivity index (χ2v) is 8.74. The van der Waals surface area contributed by atoms with E-state index in [9.17, 15) is 9.59 Å². The summed E-state index contributed by atoms with van der Waals surface area (Å²) in [7, 11) is 0. The summed E-state index contributed by atoms with van der Waals surface area (Å²) in [5, 5.41) is 7.11. The molecule has 1 saturated carbocycles. The molecule has 1 amide bonds. The summed E-state index contributed by atoms with van der Waals surface area (Å²) in [6.07, 6.45) is 7.39. The van der Waals surface area contributed by atoms with Crippen LogP contribution in [0.25, 0.3) is 0 Å². The molecule has 33 heavy (non-hydrogen) atoms. The maximum absolute atomic E-state index is 13.0. The van der Waals surface area contributed by atoms with Gasteiger partial charge in [-0.05, 0) is 70.6 Å². The molecule has 3 N–H and O–H groups in total. The predicted molar refractivity (Wildman–Crippen MR) is 125 cm³/mol. The number of carbonyl (C=O) groups excluding carboxylic acids is 2. The molecular formula is C25H30N4O4. The van der Waals surface area contributed by atoms with E-state index in [1.54, 1.807) is 18.2 Å². The van der Waals surface area contributed by atoms with E-state index in [1.807, 2.05) is 19.9 Å². The Bertz CT molecular complexity index is 1100. The van der Waals surface area contributed by atoms with Crippen LogP contribution < -0.4 is 11.1 Å². The number of fused-ring (bicyclic) bond motifs is 1. The third-order valence-electron chi connectivity index (χ3n) is 5.95. The van der Waals surface area contributed by atoms with Gasteiger partial charge in [-0.15, -0.1) is 0 Å². The van der Waals surface area contributed by atoms with Crippen LogP contribution >= 0.6 is 0 Å². The molecule has 0 aliphatic heterocycles. The third kappa shape index (κ3) is 5.16. The van der Waals surface area contributed by atoms with Crippen LogP contribution in [-0.4, -0.2) is 34.9 Å². The van der Waals surface area contributed by atoms with Gasteiger partial charge in [0.25, 0.3) is 5.91 Å². The Labute approximate surface area is 193 Å². The number of nitrogens with two attached hydrogens (primary N) is 1. The molecule has 1 unspecified atom stereocenters. The van der Waals surface area contributed by atoms with Crippen LogP contribution in [0.3, 0.4) is 0 Å². The molecule has 1 atom stereocenters. The lowest BCUT2D eigenvalue weighted by Crippen LogP contribution is -2.41. The molecule has 0 spiro atoms. The van der Waals surface area contributed by atoms with Crippen molar-refractivity contribution >= 4 is 23.3 Å². The lowest BCUT2D eigenvalue weighted by molar-refractivity contribution is 0.0378. The Hall–Kier alpha value is -3.42. The molecule has 0 radical (unpaired) electrons. The molecule has 174 valence electrons. The van der Waals surface area contributed by atoms with Crippen LogP contribution in [0.15, 0.2) is 45.6 Å². The smallest absolute Gasteiger partial charge is 0.338 e. The van der Waals surface area contributed by atoms with Crippen molar-refractivity contribution in [2.24, 2.45) is 10.7 Å². The first-order chi connectivity index (χ1) is 16.0. The van der Waals surface area contributed by atoms with Crippen molar-refractivity contribution < 1.29 is 18.8 Å². The van der Waals surface area contributed by atoms with E-state index < -0.39 is 0 Å². The zero-order valence-electron chi connectivity index (χ0n) is 19.1. The Morgan fingerprint density at radius 3 is 2.85 bits per heavy atom. The van der Waals surface area contributed by atoms with Crippen LogP contribution in [0.5, 0.6) is 0 Å². The molecule has 1 fully saturated rings. The van der Waals surface area contributed by atoms with E-state index in [-0.39, 0.29) is 24.0 Å². The number of ether oxygens (including phenoxy) is 1. The monoisotopic (exact) mass is 450 g/mol. The average molecular weight is 451 g/mol. The summed E-state index contributed by atoms with van der Waals surface area (Å²) in [5.74, 6) is 0.194. The fraction of sp³-hybridized carbons (Fsp3) is 0.440. The molecule has 8 nitrogen and oxygen atoms in total. The summed E-state index contributed by atoms with van der Waals surface area (Å²) in [4.78, 5) is 30.0. The number of nitrogens with one attached hydrogen (secondary N) is 1. The van der Waals surface area contributed by atoms with E-state index >= 15 is 0 Å². The van der Waals surface area contributed by atoms with Crippen molar-refractivity contribution in [1.82, 2.24) is 10.5 Å². The molecular weight excluding hydrogens is 420 g/mol. The molecule has 1 heterocycles. The standard InChI is InChI=1S/C25H30N4O4/c1-15(2)32-25(31)16-7-5-8-17(13-16)27-20-10-6-11-21(19(20)14-26)28-24(30)23-18-9-3-4-12-22(18)33-29-23/h5,7-8,13-15,21H,3-4,6,9-12,26H2,1-2H3,(H,28,30). The van der Waals surface area contributed by atoms with Gasteiger partial charge in [0, 0.05) is 29.5 Å². The quantitative estimate of drug-likeness (QED) is 0.664. The highest BCUT2D eigenvalue weighted by atomic mass is 16.5. The number of aryl methyl sites for hydroxylation is 1. The summed E-state index contributed by atoms with van der Waals surface area (Å²) < 4.78 is 10.7. The lowest BCUT2D eigenvalue weighted by Gasteiger charge is -2.27. The normalized spacial score (nSPS) is 20.6. The van der Waals surface area contributed by atoms with Crippen molar-refractivity contribution in [2.45, 2.75) is 70.9 Å². The van der Waals surface area contributed by atoms with Gasteiger partial charge in [-0.3, -0.25) is 9.79 Å². The highest BCUT2D eigenvalue weighted by Crippen LogP contribution is 2.27. The van der Waals surface area contributed by atoms with E-state index in [2.05, 4.69) is 10.5 Å². The van der Waals surface area contributed by atoms with Crippen molar-refractivity contribution in [3.05, 3.63) is 58.6 Å². The molecule has 2 aromatic rings. The molecule has 2 aliphatic rings. The third-order valence-corrected chi connectivity index (χ3v) is 5.95. The van der Waals surface area contributed by atoms with Gasteiger partial charge < -0.3 is 20.3 Å². The van der Waals surface area contributed by atoms with Crippen molar-refractivity contribution in [2.75, 3.05) is 0 Å². The highest BCUT2D eigenvalue weighted by Gasteiger charge is 2.29. The Kier molecular flexibility index (Phi) is 6.91. The molecule has 1 aromatic carbocycles. The van der Waals surface area contributed by atoms with Gasteiger partial charge >= 0.3 is 5.97 Å². The predicted octanol–water partition coefficient (Wildman–Crippen LogP) is 4.02. The average Bonchev–Trinajstić information content (AvgIpc) is 3.23. The van der Waals surface area contributed by atoms with Gasteiger partial charge in [-0.25, -0.2) is 4.79 Å². The first-order valence-corrected chi connectivity index (χ1v) is 11.5. The van der Waals surface area contributed by atoms with Gasteiger partial charge in [0.1, 0.15) is 5.76 Å². The Morgan fingerprint density at radius 1 is 1.24 bits per heavy atom. The van der Waals surface area contributed by atoms with Crippen LogP contribution in [0.4, 0.5) is 5.69 Å². The van der Waals surface area contributed by atoms with E-state index in [0.29, 0.717) is 16.9 Å². The van der Waals surface area contributed by atoms with Crippen LogP contribution in [-0.2, 0) is 17.6 Å². The maximum atomic E-state index is 13.0. The molecule has 0 saturated heterocycles. The first kappa shape index (κ1) is 22.8. The second kappa shape index (κ2) is 10.0. The molecule has 2 aliphatic carbocycles. The van der Waals surface area contributed by atoms with E-state index in [1.165, 1.54) is 6.20 Å². The zero-order chi connectivity index (χ0) is 23.4. The maximum Gasteiger partial charge on any atom is 0.338 e. The zero-order valence-corrected chi connectivity index (χ0v) is 19.1. The van der Waals surface area contributed by atoms with Gasteiger partial charge in [0.2, 0.25) is 0 Å². The number of rotatable bonds is 5. The van der Waals surface area contributed by atoms with E-state index in [0.717, 1.165) is 67.6 Å². The van der Waals surface area contributed by atoms with Gasteiger partial charge in [0.15, 0.2) is 5.69 Å². The molecule has 1 aromatic heterocycles. The number of nitrogens with zero attached hydrogens (tertiary/aromatic N) is 2. The summed E-state index contributed by atoms with van der Waals surface area (Å²) in [6, 6.07) is 6.75. The minimum absolute atomic E-state index is 0.197. The minimum Gasteiger partial charge on any atom is -0.459 e. The van der Waals surface area contributed by atoms with Crippen LogP contribution in [0.1, 0.15) is 78.1 Å². The van der Waals surface area contributed by atoms with Gasteiger partial charge in [-0.1, -0.05) is 11.2 Å². The number of hydrogen-bond acceptors (Lipinski definition) is 7. The summed E-state index contributed by atoms with van der Waals surface area (Å²) >= 11 is 0. The van der Waals surface area contributed by atoms with Crippen molar-refractivity contribution in [1.29, 1.82) is 0 Å². The molecule has 0 bridgehead atoms. The fourth-order valence-electron chi connectivity index (χ4n) is 4.39. The van der Waals surface area contributed by atoms with Crippen molar-refractivity contribution in [3.63, 3.8) is 0 Å². The summed E-state index contributed by atoms with van der Waals surface area (Å²) in [5.41, 5.74) is 9.93. The number of aliphatic imine (C=N–C) groups is 1. The van der Waals surface area contributed by atoms with Gasteiger partial charge in [-0.2, -0.15) is 0 Å². The SMILES string of the molecule is CC(C)OC(=O)c1cccc(N=C2CCCC(NC(=O)c3noc4c3CCCC4)C2=CN)c1. The molecule has 8 heteroatoms. The van der Waals surface area contributed by atoms with Crippen LogP contribution in [0, 0.1) is 0 Å². The Balaban J connectivity index is 1.52. The van der Waals surface area contributed by atoms with E-state index in [4.69, 9.17) is 20.0 Å². The minimum atomic E-state index is -0.383. The molecule has 4 rings (SSSR count). The van der Waals surface area contributed by atoms with Crippen LogP contribution in [0.2, 0.25) is 0 Å². The topological polar surface area (TPSA) is 120 Å². The number of esters is 1. The largest absolute Gasteiger partial charge is 0.459 e. The summed E-state index contributed by atoms with van der Waals surface area (Å²) in [6.45, 7) is 3.62. The lowest BCUT2D eigenvalue weighted by atomic mass is 9.88. The van der Waals surface area contributed by atoms with Crippen molar-refractivity contribution in [3.8, 4) is 0 Å². The first-order valence-electron chi connectivity index (χ1n) is 11.5. The fourth-order valence-corrected chi connectivity index (χ4v) is 4.39. The number of aromatic nitrogens is 1. The second-order valence-electron chi connectivity index (χ2n) is 8.74.